The van der Waals surface area contributed by atoms with Crippen LogP contribution in [-0.4, -0.2) is 27.1 Å². The standard InChI is InChI=1S/C11H15BrF2N2/c1-15-6-8-3-4-9(5-10(8)12)16(2)7-11(13)14/h3-5,11,15H,6-7H2,1-2H3. The van der Waals surface area contributed by atoms with E-state index in [-0.39, 0.29) is 6.54 Å². The molecule has 0 atom stereocenters. The average Bonchev–Trinajstić information content (AvgIpc) is 2.20. The summed E-state index contributed by atoms with van der Waals surface area (Å²) in [4.78, 5) is 1.54. The number of benzene rings is 1. The van der Waals surface area contributed by atoms with E-state index in [2.05, 4.69) is 21.2 Å². The van der Waals surface area contributed by atoms with Crippen molar-refractivity contribution in [3.63, 3.8) is 0 Å². The van der Waals surface area contributed by atoms with Crippen LogP contribution in [0.2, 0.25) is 0 Å². The highest BCUT2D eigenvalue weighted by Crippen LogP contribution is 2.23. The molecule has 0 spiro atoms. The molecule has 1 aromatic rings. The molecule has 2 nitrogen and oxygen atoms in total. The van der Waals surface area contributed by atoms with Crippen LogP contribution < -0.4 is 10.2 Å². The van der Waals surface area contributed by atoms with E-state index in [1.54, 1.807) is 11.9 Å². The topological polar surface area (TPSA) is 15.3 Å². The van der Waals surface area contributed by atoms with Gasteiger partial charge in [0.1, 0.15) is 0 Å². The van der Waals surface area contributed by atoms with Crippen molar-refractivity contribution in [1.82, 2.24) is 5.32 Å². The monoisotopic (exact) mass is 292 g/mol. The largest absolute Gasteiger partial charge is 0.369 e. The zero-order chi connectivity index (χ0) is 12.1. The Morgan fingerprint density at radius 1 is 1.44 bits per heavy atom. The summed E-state index contributed by atoms with van der Waals surface area (Å²) >= 11 is 3.43. The fourth-order valence-corrected chi connectivity index (χ4v) is 1.93. The SMILES string of the molecule is CNCc1ccc(N(C)CC(F)F)cc1Br. The van der Waals surface area contributed by atoms with Crippen molar-refractivity contribution in [2.45, 2.75) is 13.0 Å². The number of rotatable bonds is 5. The third-order valence-electron chi connectivity index (χ3n) is 2.26. The van der Waals surface area contributed by atoms with Crippen LogP contribution in [0.3, 0.4) is 0 Å². The zero-order valence-electron chi connectivity index (χ0n) is 9.30. The van der Waals surface area contributed by atoms with E-state index in [1.165, 1.54) is 0 Å². The molecule has 0 saturated carbocycles. The number of nitrogens with one attached hydrogen (secondary N) is 1. The van der Waals surface area contributed by atoms with Gasteiger partial charge in [0.25, 0.3) is 6.43 Å². The van der Waals surface area contributed by atoms with Crippen molar-refractivity contribution in [3.05, 3.63) is 28.2 Å². The lowest BCUT2D eigenvalue weighted by Gasteiger charge is -2.19. The van der Waals surface area contributed by atoms with Gasteiger partial charge < -0.3 is 10.2 Å². The molecule has 0 unspecified atom stereocenters. The Kier molecular flexibility index (Phi) is 5.15. The maximum absolute atomic E-state index is 12.2. The number of halogens is 3. The van der Waals surface area contributed by atoms with E-state index in [4.69, 9.17) is 0 Å². The van der Waals surface area contributed by atoms with Gasteiger partial charge in [0.15, 0.2) is 0 Å². The van der Waals surface area contributed by atoms with Gasteiger partial charge in [0, 0.05) is 23.8 Å². The second kappa shape index (κ2) is 6.15. The Labute approximate surface area is 103 Å². The molecule has 0 bridgehead atoms. The maximum atomic E-state index is 12.2. The number of hydrogen-bond donors (Lipinski definition) is 1. The number of hydrogen-bond acceptors (Lipinski definition) is 2. The zero-order valence-corrected chi connectivity index (χ0v) is 10.9. The molecule has 1 rings (SSSR count). The summed E-state index contributed by atoms with van der Waals surface area (Å²) in [6.07, 6.45) is -2.32. The van der Waals surface area contributed by atoms with E-state index in [0.29, 0.717) is 0 Å². The van der Waals surface area contributed by atoms with Crippen molar-refractivity contribution < 1.29 is 8.78 Å². The highest BCUT2D eigenvalue weighted by Gasteiger charge is 2.09. The minimum absolute atomic E-state index is 0.252. The summed E-state index contributed by atoms with van der Waals surface area (Å²) in [6.45, 7) is 0.497. The van der Waals surface area contributed by atoms with Gasteiger partial charge >= 0.3 is 0 Å². The Hall–Kier alpha value is -0.680. The Morgan fingerprint density at radius 3 is 2.62 bits per heavy atom. The molecule has 0 fully saturated rings. The molecule has 16 heavy (non-hydrogen) atoms. The van der Waals surface area contributed by atoms with E-state index in [0.717, 1.165) is 22.3 Å². The molecule has 0 radical (unpaired) electrons. The van der Waals surface area contributed by atoms with Gasteiger partial charge in [-0.2, -0.15) is 0 Å². The van der Waals surface area contributed by atoms with Gasteiger partial charge in [-0.25, -0.2) is 8.78 Å². The van der Waals surface area contributed by atoms with Crippen molar-refractivity contribution in [2.75, 3.05) is 25.5 Å². The van der Waals surface area contributed by atoms with Gasteiger partial charge in [-0.15, -0.1) is 0 Å². The first-order valence-corrected chi connectivity index (χ1v) is 5.76. The Balaban J connectivity index is 2.79. The molecule has 90 valence electrons. The number of alkyl halides is 2. The summed E-state index contributed by atoms with van der Waals surface area (Å²) in [6, 6.07) is 5.63. The smallest absolute Gasteiger partial charge is 0.255 e. The van der Waals surface area contributed by atoms with Crippen LogP contribution in [0.1, 0.15) is 5.56 Å². The van der Waals surface area contributed by atoms with Crippen LogP contribution in [0, 0.1) is 0 Å². The summed E-state index contributed by atoms with van der Waals surface area (Å²) in [5, 5.41) is 3.04. The van der Waals surface area contributed by atoms with E-state index in [9.17, 15) is 8.78 Å². The first-order chi connectivity index (χ1) is 7.54. The van der Waals surface area contributed by atoms with Crippen LogP contribution in [-0.2, 0) is 6.54 Å². The third kappa shape index (κ3) is 3.72. The van der Waals surface area contributed by atoms with Crippen LogP contribution in [0.25, 0.3) is 0 Å². The molecular weight excluding hydrogens is 278 g/mol. The number of anilines is 1. The molecule has 1 N–H and O–H groups in total. The van der Waals surface area contributed by atoms with Crippen LogP contribution in [0.15, 0.2) is 22.7 Å². The van der Waals surface area contributed by atoms with E-state index in [1.807, 2.05) is 25.2 Å². The number of nitrogens with zero attached hydrogens (tertiary/aromatic N) is 1. The van der Waals surface area contributed by atoms with Gasteiger partial charge in [-0.1, -0.05) is 22.0 Å². The van der Waals surface area contributed by atoms with Gasteiger partial charge in [0.05, 0.1) is 6.54 Å². The Morgan fingerprint density at radius 2 is 2.12 bits per heavy atom. The van der Waals surface area contributed by atoms with E-state index < -0.39 is 6.43 Å². The predicted molar refractivity (Wildman–Crippen MR) is 66.2 cm³/mol. The van der Waals surface area contributed by atoms with Gasteiger partial charge in [-0.05, 0) is 24.7 Å². The normalized spacial score (nSPS) is 10.9. The fraction of sp³-hybridized carbons (Fsp3) is 0.455. The highest BCUT2D eigenvalue weighted by atomic mass is 79.9. The van der Waals surface area contributed by atoms with Crippen molar-refractivity contribution in [2.24, 2.45) is 0 Å². The second-order valence-corrected chi connectivity index (χ2v) is 4.43. The third-order valence-corrected chi connectivity index (χ3v) is 2.99. The average molecular weight is 293 g/mol. The highest BCUT2D eigenvalue weighted by molar-refractivity contribution is 9.10. The second-order valence-electron chi connectivity index (χ2n) is 3.58. The van der Waals surface area contributed by atoms with Gasteiger partial charge in [0.2, 0.25) is 0 Å². The quantitative estimate of drug-likeness (QED) is 0.898. The minimum Gasteiger partial charge on any atom is -0.369 e. The van der Waals surface area contributed by atoms with Crippen molar-refractivity contribution >= 4 is 21.6 Å². The molecular formula is C11H15BrF2N2. The molecule has 0 aromatic heterocycles. The molecule has 0 aliphatic carbocycles. The molecule has 1 aromatic carbocycles. The van der Waals surface area contributed by atoms with Gasteiger partial charge in [-0.3, -0.25) is 0 Å². The lowest BCUT2D eigenvalue weighted by atomic mass is 10.2. The molecule has 0 saturated heterocycles. The lowest BCUT2D eigenvalue weighted by Crippen LogP contribution is -2.24. The first-order valence-electron chi connectivity index (χ1n) is 4.97. The summed E-state index contributed by atoms with van der Waals surface area (Å²) in [7, 11) is 3.52. The molecule has 0 aliphatic heterocycles. The summed E-state index contributed by atoms with van der Waals surface area (Å²) in [5.41, 5.74) is 1.89. The van der Waals surface area contributed by atoms with Crippen LogP contribution in [0.5, 0.6) is 0 Å². The molecule has 0 aliphatic rings. The van der Waals surface area contributed by atoms with Crippen LogP contribution >= 0.6 is 15.9 Å². The summed E-state index contributed by atoms with van der Waals surface area (Å²) < 4.78 is 25.3. The Bertz CT molecular complexity index is 345. The first kappa shape index (κ1) is 13.4. The minimum atomic E-state index is -2.32. The maximum Gasteiger partial charge on any atom is 0.255 e. The van der Waals surface area contributed by atoms with Crippen molar-refractivity contribution in [3.8, 4) is 0 Å². The fourth-order valence-electron chi connectivity index (χ4n) is 1.42. The molecule has 0 heterocycles. The lowest BCUT2D eigenvalue weighted by molar-refractivity contribution is 0.156. The van der Waals surface area contributed by atoms with Crippen molar-refractivity contribution in [1.29, 1.82) is 0 Å². The van der Waals surface area contributed by atoms with Crippen LogP contribution in [0.4, 0.5) is 14.5 Å². The summed E-state index contributed by atoms with van der Waals surface area (Å²) in [5.74, 6) is 0. The predicted octanol–water partition coefficient (Wildman–Crippen LogP) is 2.87. The van der Waals surface area contributed by atoms with E-state index >= 15 is 0 Å². The molecule has 5 heteroatoms. The molecule has 0 amide bonds.